The second-order valence-electron chi connectivity index (χ2n) is 9.97. The van der Waals surface area contributed by atoms with Crippen molar-refractivity contribution in [2.75, 3.05) is 5.32 Å². The minimum Gasteiger partial charge on any atom is -0.343 e. The highest BCUT2D eigenvalue weighted by molar-refractivity contribution is 6.15. The number of H-pyrrole nitrogens is 1. The van der Waals surface area contributed by atoms with Gasteiger partial charge in [0.05, 0.1) is 20.1 Å². The van der Waals surface area contributed by atoms with E-state index in [1.807, 2.05) is 18.5 Å². The SMILES string of the molecule is [B]C1(C)CCCCC2N=C(c3ccccc3)N=C(Nc3ccc(-c4cn[nH]c4)cc3)C2CCC1. The van der Waals surface area contributed by atoms with Gasteiger partial charge in [-0.15, -0.1) is 0 Å². The summed E-state index contributed by atoms with van der Waals surface area (Å²) in [4.78, 5) is 10.2. The highest BCUT2D eigenvalue weighted by Crippen LogP contribution is 2.38. The lowest BCUT2D eigenvalue weighted by Gasteiger charge is -2.34. The van der Waals surface area contributed by atoms with Gasteiger partial charge in [0, 0.05) is 28.9 Å². The molecule has 5 nitrogen and oxygen atoms in total. The summed E-state index contributed by atoms with van der Waals surface area (Å²) < 4.78 is 0. The van der Waals surface area contributed by atoms with Gasteiger partial charge in [0.25, 0.3) is 0 Å². The molecule has 1 fully saturated rings. The van der Waals surface area contributed by atoms with E-state index in [1.54, 1.807) is 0 Å². The van der Waals surface area contributed by atoms with Crippen LogP contribution in [0.1, 0.15) is 57.4 Å². The van der Waals surface area contributed by atoms with Crippen molar-refractivity contribution in [3.05, 3.63) is 72.6 Å². The lowest BCUT2D eigenvalue weighted by atomic mass is 9.63. The van der Waals surface area contributed by atoms with Crippen LogP contribution in [0.2, 0.25) is 5.31 Å². The van der Waals surface area contributed by atoms with E-state index in [1.165, 1.54) is 0 Å². The number of hydrogen-bond acceptors (Lipinski definition) is 4. The second kappa shape index (κ2) is 10.0. The smallest absolute Gasteiger partial charge is 0.156 e. The molecule has 0 bridgehead atoms. The Morgan fingerprint density at radius 1 is 0.912 bits per heavy atom. The average molecular weight is 449 g/mol. The summed E-state index contributed by atoms with van der Waals surface area (Å²) in [5.74, 6) is 2.13. The van der Waals surface area contributed by atoms with Crippen molar-refractivity contribution < 1.29 is 0 Å². The Balaban J connectivity index is 1.43. The number of aromatic nitrogens is 2. The molecule has 34 heavy (non-hydrogen) atoms. The molecule has 3 unspecified atom stereocenters. The van der Waals surface area contributed by atoms with Gasteiger partial charge in [-0.3, -0.25) is 10.1 Å². The van der Waals surface area contributed by atoms with E-state index in [0.29, 0.717) is 0 Å². The van der Waals surface area contributed by atoms with Crippen molar-refractivity contribution >= 4 is 25.2 Å². The molecule has 0 amide bonds. The zero-order valence-electron chi connectivity index (χ0n) is 19.9. The molecular weight excluding hydrogens is 417 g/mol. The topological polar surface area (TPSA) is 65.4 Å². The van der Waals surface area contributed by atoms with E-state index in [2.05, 4.69) is 71.0 Å². The summed E-state index contributed by atoms with van der Waals surface area (Å²) in [6.07, 6.45) is 11.4. The zero-order valence-corrected chi connectivity index (χ0v) is 19.9. The number of rotatable bonds is 3. The second-order valence-corrected chi connectivity index (χ2v) is 9.97. The van der Waals surface area contributed by atoms with E-state index >= 15 is 0 Å². The monoisotopic (exact) mass is 449 g/mol. The van der Waals surface area contributed by atoms with Crippen molar-refractivity contribution in [2.24, 2.45) is 15.9 Å². The van der Waals surface area contributed by atoms with Crippen LogP contribution in [0.5, 0.6) is 0 Å². The molecule has 172 valence electrons. The Hall–Kier alpha value is -3.15. The predicted octanol–water partition coefficient (Wildman–Crippen LogP) is 6.42. The first-order chi connectivity index (χ1) is 16.6. The molecule has 1 aromatic heterocycles. The van der Waals surface area contributed by atoms with E-state index in [0.717, 1.165) is 79.0 Å². The van der Waals surface area contributed by atoms with Crippen LogP contribution in [0.4, 0.5) is 5.69 Å². The fraction of sp³-hybridized carbons (Fsp3) is 0.393. The summed E-state index contributed by atoms with van der Waals surface area (Å²) in [5.41, 5.74) is 4.33. The number of aliphatic imine (C=N–C) groups is 2. The third-order valence-corrected chi connectivity index (χ3v) is 7.11. The molecule has 2 radical (unpaired) electrons. The first-order valence-corrected chi connectivity index (χ1v) is 12.4. The number of benzene rings is 2. The molecule has 2 aromatic carbocycles. The van der Waals surface area contributed by atoms with Gasteiger partial charge in [-0.1, -0.05) is 86.8 Å². The van der Waals surface area contributed by atoms with Gasteiger partial charge < -0.3 is 5.32 Å². The molecule has 0 spiro atoms. The Kier molecular flexibility index (Phi) is 6.66. The Morgan fingerprint density at radius 3 is 2.47 bits per heavy atom. The first kappa shape index (κ1) is 22.6. The van der Waals surface area contributed by atoms with Gasteiger partial charge in [-0.05, 0) is 30.5 Å². The summed E-state index contributed by atoms with van der Waals surface area (Å²) in [5, 5.41) is 10.5. The molecule has 3 aromatic rings. The fourth-order valence-corrected chi connectivity index (χ4v) is 5.13. The third-order valence-electron chi connectivity index (χ3n) is 7.11. The third kappa shape index (κ3) is 5.32. The van der Waals surface area contributed by atoms with Gasteiger partial charge in [0.2, 0.25) is 0 Å². The van der Waals surface area contributed by atoms with E-state index in [-0.39, 0.29) is 17.3 Å². The standard InChI is InChI=1S/C28H32BN5/c1-28(29)16-6-5-11-25-24(10-7-17-28)27(34-26(33-25)21-8-3-2-4-9-21)32-23-14-12-20(13-15-23)22-18-30-31-19-22/h2-4,8-9,12-15,18-19,24-25H,5-7,10-11,16-17H2,1H3,(H,30,31)(H,32,33,34). The van der Waals surface area contributed by atoms with E-state index < -0.39 is 0 Å². The number of fused-ring (bicyclic) bond motifs is 1. The summed E-state index contributed by atoms with van der Waals surface area (Å²) in [7, 11) is 6.57. The number of hydrogen-bond donors (Lipinski definition) is 2. The van der Waals surface area contributed by atoms with Gasteiger partial charge >= 0.3 is 0 Å². The molecule has 2 N–H and O–H groups in total. The van der Waals surface area contributed by atoms with E-state index in [9.17, 15) is 0 Å². The van der Waals surface area contributed by atoms with Gasteiger partial charge in [0.1, 0.15) is 5.84 Å². The van der Waals surface area contributed by atoms with Crippen molar-refractivity contribution in [2.45, 2.75) is 63.2 Å². The van der Waals surface area contributed by atoms with Gasteiger partial charge in [-0.25, -0.2) is 4.99 Å². The number of nitrogens with zero attached hydrogens (tertiary/aromatic N) is 3. The van der Waals surface area contributed by atoms with Crippen LogP contribution in [0.3, 0.4) is 0 Å². The van der Waals surface area contributed by atoms with Crippen LogP contribution in [0.15, 0.2) is 77.0 Å². The van der Waals surface area contributed by atoms with Gasteiger partial charge in [0.15, 0.2) is 5.84 Å². The molecule has 2 heterocycles. The molecule has 6 heteroatoms. The predicted molar refractivity (Wildman–Crippen MR) is 142 cm³/mol. The lowest BCUT2D eigenvalue weighted by molar-refractivity contribution is 0.375. The Bertz CT molecular complexity index is 1130. The first-order valence-electron chi connectivity index (χ1n) is 12.4. The maximum Gasteiger partial charge on any atom is 0.156 e. The molecule has 1 aliphatic heterocycles. The van der Waals surface area contributed by atoms with Gasteiger partial charge in [-0.2, -0.15) is 5.10 Å². The molecule has 2 aliphatic rings. The largest absolute Gasteiger partial charge is 0.343 e. The highest BCUT2D eigenvalue weighted by atomic mass is 15.1. The van der Waals surface area contributed by atoms with Crippen molar-refractivity contribution in [1.82, 2.24) is 10.2 Å². The maximum atomic E-state index is 6.57. The van der Waals surface area contributed by atoms with Crippen LogP contribution in [-0.2, 0) is 0 Å². The van der Waals surface area contributed by atoms with Crippen LogP contribution < -0.4 is 5.32 Å². The summed E-state index contributed by atoms with van der Waals surface area (Å²) >= 11 is 0. The Morgan fingerprint density at radius 2 is 1.71 bits per heavy atom. The maximum absolute atomic E-state index is 6.57. The quantitative estimate of drug-likeness (QED) is 0.453. The number of nitrogens with one attached hydrogen (secondary N) is 2. The van der Waals surface area contributed by atoms with Crippen LogP contribution in [-0.4, -0.2) is 35.8 Å². The van der Waals surface area contributed by atoms with Crippen LogP contribution >= 0.6 is 0 Å². The molecule has 3 atom stereocenters. The molecular formula is C28H32BN5. The number of aromatic amines is 1. The normalized spacial score (nSPS) is 25.6. The van der Waals surface area contributed by atoms with Crippen molar-refractivity contribution in [3.63, 3.8) is 0 Å². The molecule has 1 saturated carbocycles. The van der Waals surface area contributed by atoms with Crippen LogP contribution in [0.25, 0.3) is 11.1 Å². The van der Waals surface area contributed by atoms with Crippen molar-refractivity contribution in [3.8, 4) is 11.1 Å². The number of anilines is 1. The molecule has 0 saturated heterocycles. The fourth-order valence-electron chi connectivity index (χ4n) is 5.13. The molecule has 1 aliphatic carbocycles. The zero-order chi connectivity index (χ0) is 23.4. The van der Waals surface area contributed by atoms with Crippen LogP contribution in [0, 0.1) is 5.92 Å². The molecule has 5 rings (SSSR count). The minimum absolute atomic E-state index is 0.0758. The Labute approximate surface area is 203 Å². The lowest BCUT2D eigenvalue weighted by Crippen LogP contribution is -2.37. The van der Waals surface area contributed by atoms with Crippen molar-refractivity contribution in [1.29, 1.82) is 0 Å². The summed E-state index contributed by atoms with van der Waals surface area (Å²) in [6.45, 7) is 2.20. The number of amidine groups is 2. The minimum atomic E-state index is -0.0758. The van der Waals surface area contributed by atoms with E-state index in [4.69, 9.17) is 17.8 Å². The summed E-state index contributed by atoms with van der Waals surface area (Å²) in [6, 6.07) is 19.0. The average Bonchev–Trinajstić information content (AvgIpc) is 3.39. The highest BCUT2D eigenvalue weighted by Gasteiger charge is 2.32.